The molecule has 1 aliphatic heterocycles. The Kier molecular flexibility index (Phi) is 19.0. The molecule has 0 saturated carbocycles. The molecule has 0 aliphatic carbocycles. The second-order valence-corrected chi connectivity index (χ2v) is 3.64. The molecule has 1 atom stereocenters. The maximum Gasteiger partial charge on any atom is 0.00669 e. The summed E-state index contributed by atoms with van der Waals surface area (Å²) in [6.07, 6.45) is 9.84. The van der Waals surface area contributed by atoms with E-state index in [2.05, 4.69) is 12.2 Å². The second kappa shape index (κ2) is 16.4. The molecule has 1 heterocycles. The number of hydrogen-bond acceptors (Lipinski definition) is 1. The van der Waals surface area contributed by atoms with Gasteiger partial charge in [0.25, 0.3) is 0 Å². The van der Waals surface area contributed by atoms with Crippen LogP contribution in [0.15, 0.2) is 0 Å². The van der Waals surface area contributed by atoms with Crippen LogP contribution in [0.4, 0.5) is 0 Å². The molecule has 94 valence electrons. The highest BCUT2D eigenvalue weighted by Gasteiger charge is 2.08. The van der Waals surface area contributed by atoms with E-state index in [4.69, 9.17) is 0 Å². The van der Waals surface area contributed by atoms with Crippen LogP contribution in [0.3, 0.4) is 0 Å². The SMILES string of the molecule is CC.CC.CCCC1CCCCCCN1. The summed E-state index contributed by atoms with van der Waals surface area (Å²) in [6, 6.07) is 0.834. The Morgan fingerprint density at radius 1 is 0.933 bits per heavy atom. The van der Waals surface area contributed by atoms with Crippen LogP contribution in [0, 0.1) is 0 Å². The molecule has 0 spiro atoms. The van der Waals surface area contributed by atoms with Crippen LogP contribution in [-0.4, -0.2) is 12.6 Å². The summed E-state index contributed by atoms with van der Waals surface area (Å²) in [5.74, 6) is 0. The van der Waals surface area contributed by atoms with Crippen LogP contribution in [0.5, 0.6) is 0 Å². The van der Waals surface area contributed by atoms with Crippen molar-refractivity contribution >= 4 is 0 Å². The summed E-state index contributed by atoms with van der Waals surface area (Å²) in [7, 11) is 0. The fraction of sp³-hybridized carbons (Fsp3) is 1.00. The molecule has 0 aromatic rings. The minimum absolute atomic E-state index is 0.834. The van der Waals surface area contributed by atoms with Crippen molar-refractivity contribution in [2.75, 3.05) is 6.54 Å². The lowest BCUT2D eigenvalue weighted by Gasteiger charge is -2.20. The van der Waals surface area contributed by atoms with E-state index in [1.165, 1.54) is 51.5 Å². The van der Waals surface area contributed by atoms with Gasteiger partial charge in [0.2, 0.25) is 0 Å². The van der Waals surface area contributed by atoms with Crippen molar-refractivity contribution in [3.05, 3.63) is 0 Å². The van der Waals surface area contributed by atoms with Crippen LogP contribution in [0.2, 0.25) is 0 Å². The van der Waals surface area contributed by atoms with Crippen LogP contribution in [-0.2, 0) is 0 Å². The lowest BCUT2D eigenvalue weighted by Crippen LogP contribution is -2.30. The van der Waals surface area contributed by atoms with Crippen LogP contribution in [0.1, 0.15) is 79.6 Å². The Hall–Kier alpha value is -0.0400. The summed E-state index contributed by atoms with van der Waals surface area (Å²) in [4.78, 5) is 0. The van der Waals surface area contributed by atoms with E-state index in [0.29, 0.717) is 0 Å². The normalized spacial score (nSPS) is 21.0. The standard InChI is InChI=1S/C10H21N.2C2H6/c1-2-7-10-8-5-3-4-6-9-11-10;2*1-2/h10-11H,2-9H2,1H3;2*1-2H3. The first kappa shape index (κ1) is 17.4. The van der Waals surface area contributed by atoms with Crippen LogP contribution < -0.4 is 5.32 Å². The van der Waals surface area contributed by atoms with Gasteiger partial charge >= 0.3 is 0 Å². The smallest absolute Gasteiger partial charge is 0.00669 e. The molecule has 1 nitrogen and oxygen atoms in total. The molecule has 1 saturated heterocycles. The van der Waals surface area contributed by atoms with E-state index in [1.54, 1.807) is 0 Å². The molecular weight excluding hydrogens is 182 g/mol. The highest BCUT2D eigenvalue weighted by atomic mass is 14.9. The van der Waals surface area contributed by atoms with E-state index >= 15 is 0 Å². The number of hydrogen-bond donors (Lipinski definition) is 1. The molecule has 1 N–H and O–H groups in total. The van der Waals surface area contributed by atoms with Gasteiger partial charge in [-0.3, -0.25) is 0 Å². The van der Waals surface area contributed by atoms with Crippen molar-refractivity contribution in [3.8, 4) is 0 Å². The predicted octanol–water partition coefficient (Wildman–Crippen LogP) is 4.76. The fourth-order valence-electron chi connectivity index (χ4n) is 1.87. The van der Waals surface area contributed by atoms with Gasteiger partial charge in [0.1, 0.15) is 0 Å². The zero-order valence-electron chi connectivity index (χ0n) is 11.7. The Labute approximate surface area is 98.0 Å². The summed E-state index contributed by atoms with van der Waals surface area (Å²) in [5, 5.41) is 3.62. The quantitative estimate of drug-likeness (QED) is 0.700. The maximum absolute atomic E-state index is 3.62. The van der Waals surface area contributed by atoms with Crippen LogP contribution >= 0.6 is 0 Å². The molecule has 0 bridgehead atoms. The monoisotopic (exact) mass is 215 g/mol. The van der Waals surface area contributed by atoms with Crippen molar-refractivity contribution in [2.24, 2.45) is 0 Å². The lowest BCUT2D eigenvalue weighted by molar-refractivity contribution is 0.396. The zero-order valence-corrected chi connectivity index (χ0v) is 11.7. The first-order chi connectivity index (χ1) is 7.43. The summed E-state index contributed by atoms with van der Waals surface area (Å²) < 4.78 is 0. The summed E-state index contributed by atoms with van der Waals surface area (Å²) >= 11 is 0. The predicted molar refractivity (Wildman–Crippen MR) is 72.5 cm³/mol. The summed E-state index contributed by atoms with van der Waals surface area (Å²) in [5.41, 5.74) is 0. The van der Waals surface area contributed by atoms with E-state index < -0.39 is 0 Å². The Morgan fingerprint density at radius 2 is 1.53 bits per heavy atom. The maximum atomic E-state index is 3.62. The molecule has 1 heteroatoms. The second-order valence-electron chi connectivity index (χ2n) is 3.64. The first-order valence-electron chi connectivity index (χ1n) is 7.17. The van der Waals surface area contributed by atoms with Gasteiger partial charge < -0.3 is 5.32 Å². The minimum Gasteiger partial charge on any atom is -0.314 e. The van der Waals surface area contributed by atoms with Crippen molar-refractivity contribution in [3.63, 3.8) is 0 Å². The number of nitrogens with one attached hydrogen (secondary N) is 1. The van der Waals surface area contributed by atoms with Gasteiger partial charge in [-0.05, 0) is 25.8 Å². The molecule has 1 aliphatic rings. The fourth-order valence-corrected chi connectivity index (χ4v) is 1.87. The lowest BCUT2D eigenvalue weighted by atomic mass is 10.0. The largest absolute Gasteiger partial charge is 0.314 e. The van der Waals surface area contributed by atoms with E-state index in [0.717, 1.165) is 6.04 Å². The average Bonchev–Trinajstić information content (AvgIpc) is 2.28. The van der Waals surface area contributed by atoms with Gasteiger partial charge in [-0.2, -0.15) is 0 Å². The van der Waals surface area contributed by atoms with Gasteiger partial charge in [-0.15, -0.1) is 0 Å². The third kappa shape index (κ3) is 11.9. The first-order valence-corrected chi connectivity index (χ1v) is 7.17. The molecular formula is C14H33N. The van der Waals surface area contributed by atoms with E-state index in [9.17, 15) is 0 Å². The van der Waals surface area contributed by atoms with Crippen molar-refractivity contribution in [1.29, 1.82) is 0 Å². The molecule has 0 amide bonds. The molecule has 1 fully saturated rings. The third-order valence-corrected chi connectivity index (χ3v) is 2.55. The molecule has 0 radical (unpaired) electrons. The topological polar surface area (TPSA) is 12.0 Å². The van der Waals surface area contributed by atoms with E-state index in [1.807, 2.05) is 27.7 Å². The highest BCUT2D eigenvalue weighted by molar-refractivity contribution is 4.68. The zero-order chi connectivity index (χ0) is 11.9. The molecule has 1 rings (SSSR count). The van der Waals surface area contributed by atoms with Gasteiger partial charge in [-0.1, -0.05) is 60.3 Å². The van der Waals surface area contributed by atoms with Gasteiger partial charge in [0.15, 0.2) is 0 Å². The summed E-state index contributed by atoms with van der Waals surface area (Å²) in [6.45, 7) is 11.5. The Balaban J connectivity index is 0. The van der Waals surface area contributed by atoms with Gasteiger partial charge in [0.05, 0.1) is 0 Å². The third-order valence-electron chi connectivity index (χ3n) is 2.55. The van der Waals surface area contributed by atoms with Gasteiger partial charge in [0, 0.05) is 6.04 Å². The molecule has 1 unspecified atom stereocenters. The van der Waals surface area contributed by atoms with Crippen LogP contribution in [0.25, 0.3) is 0 Å². The Morgan fingerprint density at radius 3 is 2.13 bits per heavy atom. The molecule has 15 heavy (non-hydrogen) atoms. The van der Waals surface area contributed by atoms with Crippen molar-refractivity contribution < 1.29 is 0 Å². The van der Waals surface area contributed by atoms with Crippen molar-refractivity contribution in [1.82, 2.24) is 5.32 Å². The van der Waals surface area contributed by atoms with Crippen molar-refractivity contribution in [2.45, 2.75) is 85.6 Å². The molecule has 0 aromatic heterocycles. The average molecular weight is 215 g/mol. The number of rotatable bonds is 2. The highest BCUT2D eigenvalue weighted by Crippen LogP contribution is 2.12. The molecule has 0 aromatic carbocycles. The van der Waals surface area contributed by atoms with Gasteiger partial charge in [-0.25, -0.2) is 0 Å². The minimum atomic E-state index is 0.834. The Bertz CT molecular complexity index is 83.3. The van der Waals surface area contributed by atoms with E-state index in [-0.39, 0.29) is 0 Å².